The van der Waals surface area contributed by atoms with Gasteiger partial charge in [0.05, 0.1) is 54.8 Å². The first-order valence-electron chi connectivity index (χ1n) is 30.1. The van der Waals surface area contributed by atoms with E-state index in [1.807, 2.05) is 100 Å². The highest BCUT2D eigenvalue weighted by atomic mass is 127. The van der Waals surface area contributed by atoms with Crippen LogP contribution in [0.5, 0.6) is 0 Å². The first-order valence-corrected chi connectivity index (χ1v) is 32.3. The van der Waals surface area contributed by atoms with E-state index < -0.39 is 0 Å². The van der Waals surface area contributed by atoms with Crippen molar-refractivity contribution in [2.24, 2.45) is 5.84 Å². The van der Waals surface area contributed by atoms with E-state index in [1.165, 1.54) is 56.4 Å². The molecule has 0 aliphatic heterocycles. The van der Waals surface area contributed by atoms with Crippen molar-refractivity contribution < 1.29 is 52.7 Å². The van der Waals surface area contributed by atoms with Gasteiger partial charge in [0.1, 0.15) is 36.5 Å². The standard InChI is InChI=1S/C19H17IN4O3.C19H18N4O3.C16H11IN2O.C10H14N2O2.C10H13NO2/c1-11-6-7-13(19(26)23-27-2)9-16(11)24-18(21)15(10-22-24)17(25)12-4-3-5-14(20)8-12;1-12-8-9-14(19(25)22-26-2)10-16(12)23-18(20)15(11-21-23)17(24)13-6-4-3-5-7-13;17-14-6-4-5-12(9-14)16(20)13(10-18)11-19-15-7-2-1-3-8-15;1-7-3-4-8(5-9(7)12-11)10(13)6-14-2;1-7-3-4-8(5-9(7)11)10(12)6-13-2/h3-10H,21H2,1-2H3,(H,23,26);3-11H,20H2,1-2H3,(H,22,25);1-9,11,19H;3-5,12H,6,11H2,1-2H3;3-5H,6,11H2,1-2H3/b;;13-11-;;. The van der Waals surface area contributed by atoms with Crippen LogP contribution in [0.3, 0.4) is 0 Å². The van der Waals surface area contributed by atoms with Crippen molar-refractivity contribution >= 4 is 115 Å². The molecule has 100 heavy (non-hydrogen) atoms. The third-order valence-electron chi connectivity index (χ3n) is 14.5. The molecule has 0 saturated heterocycles. The number of nitrogens with two attached hydrogens (primary N) is 4. The summed E-state index contributed by atoms with van der Waals surface area (Å²) in [5.41, 5.74) is 36.5. The minimum atomic E-state index is -0.389. The number of aryl methyl sites for hydroxylation is 4. The van der Waals surface area contributed by atoms with E-state index in [2.05, 4.69) is 86.8 Å². The number of hydroxylamine groups is 2. The number of aromatic nitrogens is 4. The Bertz CT molecular complexity index is 4630. The second-order valence-electron chi connectivity index (χ2n) is 21.5. The number of carbonyl (C=O) groups is 7. The molecule has 0 radical (unpaired) electrons. The monoisotopic (exact) mass is 1570 g/mol. The highest BCUT2D eigenvalue weighted by molar-refractivity contribution is 14.1. The Balaban J connectivity index is 0.000000203. The Kier molecular flexibility index (Phi) is 30.2. The Labute approximate surface area is 605 Å². The van der Waals surface area contributed by atoms with Gasteiger partial charge in [-0.15, -0.1) is 0 Å². The number of nitrogens with zero attached hydrogens (tertiary/aromatic N) is 5. The van der Waals surface area contributed by atoms with E-state index in [1.54, 1.807) is 115 Å². The quantitative estimate of drug-likeness (QED) is 0.00630. The lowest BCUT2D eigenvalue weighted by Gasteiger charge is -2.11. The first kappa shape index (κ1) is 78.0. The average molecular weight is 1570 g/mol. The molecule has 12 N–H and O–H groups in total. The Morgan fingerprint density at radius 3 is 1.39 bits per heavy atom. The molecule has 24 nitrogen and oxygen atoms in total. The number of hydrogen-bond acceptors (Lipinski definition) is 20. The zero-order valence-electron chi connectivity index (χ0n) is 55.8. The number of hydrogen-bond donors (Lipinski definition) is 8. The van der Waals surface area contributed by atoms with Gasteiger partial charge in [0.2, 0.25) is 5.78 Å². The number of amides is 2. The lowest BCUT2D eigenvalue weighted by Crippen LogP contribution is -2.22. The SMILES string of the molecule is COCC(=O)c1ccc(C)c(N)c1.COCC(=O)c1ccc(C)c(NN)c1.CONC(=O)c1ccc(C)c(-n2ncc(C(=O)c3cccc(I)c3)c2N)c1.CONC(=O)c1ccc(C)c(-n2ncc(C(=O)c3ccccc3)c2N)c1.N#C/C(=C/Nc1ccccc1)C(=O)c1cccc(I)c1. The van der Waals surface area contributed by atoms with Gasteiger partial charge in [-0.2, -0.15) is 15.5 Å². The first-order chi connectivity index (χ1) is 48.0. The smallest absolute Gasteiger partial charge is 0.274 e. The van der Waals surface area contributed by atoms with Crippen molar-refractivity contribution in [1.82, 2.24) is 30.5 Å². The fourth-order valence-electron chi connectivity index (χ4n) is 9.06. The lowest BCUT2D eigenvalue weighted by atomic mass is 10.1. The van der Waals surface area contributed by atoms with E-state index >= 15 is 0 Å². The van der Waals surface area contributed by atoms with Crippen LogP contribution in [0, 0.1) is 46.2 Å². The summed E-state index contributed by atoms with van der Waals surface area (Å²) in [6.45, 7) is 7.75. The number of hydrazine groups is 1. The van der Waals surface area contributed by atoms with E-state index in [-0.39, 0.29) is 71.2 Å². The molecule has 10 aromatic rings. The molecule has 8 aromatic carbocycles. The van der Waals surface area contributed by atoms with Crippen molar-refractivity contribution in [3.63, 3.8) is 0 Å². The molecular formula is C74H73I2N13O11. The van der Waals surface area contributed by atoms with Crippen molar-refractivity contribution in [1.29, 1.82) is 5.26 Å². The van der Waals surface area contributed by atoms with Crippen LogP contribution in [0.25, 0.3) is 11.4 Å². The molecule has 0 saturated carbocycles. The molecule has 2 amide bonds. The third-order valence-corrected chi connectivity index (χ3v) is 15.8. The van der Waals surface area contributed by atoms with Crippen LogP contribution < -0.4 is 44.7 Å². The highest BCUT2D eigenvalue weighted by Crippen LogP contribution is 2.27. The van der Waals surface area contributed by atoms with Crippen LogP contribution in [0.1, 0.15) is 106 Å². The predicted molar refractivity (Wildman–Crippen MR) is 401 cm³/mol. The molecule has 2 aromatic heterocycles. The number of carbonyl (C=O) groups excluding carboxylic acids is 7. The Hall–Kier alpha value is -11.0. The number of allylic oxidation sites excluding steroid dienone is 1. The van der Waals surface area contributed by atoms with E-state index in [0.717, 1.165) is 40.8 Å². The van der Waals surface area contributed by atoms with Gasteiger partial charge in [0, 0.05) is 77.9 Å². The minimum Gasteiger partial charge on any atom is -0.398 e. The fourth-order valence-corrected chi connectivity index (χ4v) is 10.1. The number of benzene rings is 8. The normalized spacial score (nSPS) is 10.4. The lowest BCUT2D eigenvalue weighted by molar-refractivity contribution is 0.0533. The van der Waals surface area contributed by atoms with E-state index in [0.29, 0.717) is 67.1 Å². The van der Waals surface area contributed by atoms with Crippen LogP contribution in [0.2, 0.25) is 0 Å². The van der Waals surface area contributed by atoms with Crippen LogP contribution in [-0.4, -0.2) is 102 Å². The van der Waals surface area contributed by atoms with Crippen molar-refractivity contribution in [2.45, 2.75) is 27.7 Å². The fraction of sp³-hybridized carbons (Fsp3) is 0.135. The number of nitriles is 1. The molecule has 514 valence electrons. The Morgan fingerprint density at radius 1 is 0.500 bits per heavy atom. The zero-order chi connectivity index (χ0) is 73.0. The van der Waals surface area contributed by atoms with Crippen molar-refractivity contribution in [3.8, 4) is 17.4 Å². The van der Waals surface area contributed by atoms with Gasteiger partial charge in [0.15, 0.2) is 23.1 Å². The molecule has 0 fully saturated rings. The number of rotatable bonds is 21. The largest absolute Gasteiger partial charge is 0.398 e. The zero-order valence-corrected chi connectivity index (χ0v) is 60.1. The van der Waals surface area contributed by atoms with Gasteiger partial charge in [-0.05, 0) is 168 Å². The topological polar surface area (TPSA) is 368 Å². The second-order valence-corrected chi connectivity index (χ2v) is 24.0. The van der Waals surface area contributed by atoms with Gasteiger partial charge >= 0.3 is 0 Å². The summed E-state index contributed by atoms with van der Waals surface area (Å²) < 4.78 is 14.3. The number of anilines is 5. The number of halogens is 2. The van der Waals surface area contributed by atoms with Crippen LogP contribution in [0.4, 0.5) is 28.7 Å². The summed E-state index contributed by atoms with van der Waals surface area (Å²) in [5.74, 6) is 4.16. The Morgan fingerprint density at radius 2 is 0.930 bits per heavy atom. The number of ether oxygens (including phenoxy) is 2. The summed E-state index contributed by atoms with van der Waals surface area (Å²) in [4.78, 5) is 93.7. The minimum absolute atomic E-state index is 0.0470. The molecule has 0 atom stereocenters. The van der Waals surface area contributed by atoms with Gasteiger partial charge in [0.25, 0.3) is 11.8 Å². The average Bonchev–Trinajstić information content (AvgIpc) is 1.63. The van der Waals surface area contributed by atoms with Crippen molar-refractivity contribution in [3.05, 3.63) is 286 Å². The molecule has 0 spiro atoms. The molecule has 0 aliphatic rings. The number of methoxy groups -OCH3 is 2. The second kappa shape index (κ2) is 38.8. The van der Waals surface area contributed by atoms with Gasteiger partial charge in [-0.25, -0.2) is 20.3 Å². The molecule has 10 rings (SSSR count). The van der Waals surface area contributed by atoms with Crippen molar-refractivity contribution in [2.75, 3.05) is 69.6 Å². The number of nitrogen functional groups attached to an aromatic ring is 4. The molecule has 2 heterocycles. The molecule has 0 bridgehead atoms. The number of nitrogens with one attached hydrogen (secondary N) is 4. The van der Waals surface area contributed by atoms with Gasteiger partial charge in [-0.1, -0.05) is 109 Å². The van der Waals surface area contributed by atoms with E-state index in [9.17, 15) is 33.6 Å². The van der Waals surface area contributed by atoms with Crippen LogP contribution in [-0.2, 0) is 19.1 Å². The highest BCUT2D eigenvalue weighted by Gasteiger charge is 2.22. The molecule has 0 aliphatic carbocycles. The summed E-state index contributed by atoms with van der Waals surface area (Å²) in [6, 6.07) is 55.4. The summed E-state index contributed by atoms with van der Waals surface area (Å²) in [7, 11) is 5.71. The van der Waals surface area contributed by atoms with E-state index in [4.69, 9.17) is 37.8 Å². The van der Waals surface area contributed by atoms with Crippen LogP contribution in [0.15, 0.2) is 206 Å². The maximum atomic E-state index is 12.8. The number of ketones is 5. The number of para-hydroxylation sites is 1. The van der Waals surface area contributed by atoms with Crippen LogP contribution >= 0.6 is 45.2 Å². The van der Waals surface area contributed by atoms with Gasteiger partial charge < -0.3 is 37.4 Å². The molecular weight excluding hydrogens is 1500 g/mol. The molecule has 26 heteroatoms. The molecule has 0 unspecified atom stereocenters. The van der Waals surface area contributed by atoms with Gasteiger partial charge in [-0.3, -0.25) is 49.1 Å². The third kappa shape index (κ3) is 21.7. The predicted octanol–water partition coefficient (Wildman–Crippen LogP) is 11.7. The summed E-state index contributed by atoms with van der Waals surface area (Å²) >= 11 is 4.28. The maximum absolute atomic E-state index is 12.8. The summed E-state index contributed by atoms with van der Waals surface area (Å²) in [6.07, 6.45) is 4.32. The maximum Gasteiger partial charge on any atom is 0.274 e. The number of Topliss-reactive ketones (excluding diaryl/α,β-unsaturated/α-hetero) is 3. The summed E-state index contributed by atoms with van der Waals surface area (Å²) in [5, 5.41) is 20.6.